The summed E-state index contributed by atoms with van der Waals surface area (Å²) in [5, 5.41) is 0. The fourth-order valence-corrected chi connectivity index (χ4v) is 3.47. The van der Waals surface area contributed by atoms with Gasteiger partial charge in [-0.15, -0.1) is 0 Å². The Kier molecular flexibility index (Phi) is 4.84. The van der Waals surface area contributed by atoms with Crippen molar-refractivity contribution < 1.29 is 13.9 Å². The minimum atomic E-state index is -0.516. The molecule has 1 aliphatic heterocycles. The van der Waals surface area contributed by atoms with E-state index in [9.17, 15) is 9.18 Å². The summed E-state index contributed by atoms with van der Waals surface area (Å²) >= 11 is 0. The van der Waals surface area contributed by atoms with E-state index in [2.05, 4.69) is 13.8 Å². The van der Waals surface area contributed by atoms with E-state index in [1.165, 1.54) is 18.2 Å². The van der Waals surface area contributed by atoms with E-state index < -0.39 is 5.60 Å². The summed E-state index contributed by atoms with van der Waals surface area (Å²) in [7, 11) is 0. The van der Waals surface area contributed by atoms with Crippen LogP contribution in [0.25, 0.3) is 5.57 Å². The van der Waals surface area contributed by atoms with Crippen molar-refractivity contribution in [2.75, 3.05) is 0 Å². The predicted octanol–water partition coefficient (Wildman–Crippen LogP) is 5.33. The zero-order valence-corrected chi connectivity index (χ0v) is 14.5. The Morgan fingerprint density at radius 1 is 1.04 bits per heavy atom. The van der Waals surface area contributed by atoms with Gasteiger partial charge in [0.2, 0.25) is 0 Å². The van der Waals surface area contributed by atoms with E-state index in [0.717, 1.165) is 47.2 Å². The Hall–Kier alpha value is -2.68. The number of rotatable bonds is 5. The van der Waals surface area contributed by atoms with Gasteiger partial charge in [-0.25, -0.2) is 4.39 Å². The average molecular weight is 336 g/mol. The van der Waals surface area contributed by atoms with Crippen LogP contribution in [-0.2, 0) is 4.79 Å². The minimum absolute atomic E-state index is 0.271. The SMILES string of the molecule is CCC1(CC)Oc2ccccc2C(c2ccc(F)cc2)=C1/C=C/C=O. The highest BCUT2D eigenvalue weighted by Gasteiger charge is 2.39. The number of hydrogen-bond acceptors (Lipinski definition) is 2. The maximum absolute atomic E-state index is 13.4. The van der Waals surface area contributed by atoms with Crippen molar-refractivity contribution in [1.82, 2.24) is 0 Å². The van der Waals surface area contributed by atoms with E-state index in [4.69, 9.17) is 4.74 Å². The maximum atomic E-state index is 13.4. The van der Waals surface area contributed by atoms with Gasteiger partial charge in [-0.3, -0.25) is 4.79 Å². The number of ether oxygens (including phenoxy) is 1. The molecule has 2 nitrogen and oxygen atoms in total. The molecule has 0 fully saturated rings. The van der Waals surface area contributed by atoms with E-state index in [1.807, 2.05) is 30.3 Å². The molecule has 25 heavy (non-hydrogen) atoms. The van der Waals surface area contributed by atoms with Crippen LogP contribution in [0.1, 0.15) is 37.8 Å². The summed E-state index contributed by atoms with van der Waals surface area (Å²) in [4.78, 5) is 11.0. The van der Waals surface area contributed by atoms with E-state index in [1.54, 1.807) is 12.1 Å². The smallest absolute Gasteiger partial charge is 0.142 e. The van der Waals surface area contributed by atoms with Crippen LogP contribution in [0.5, 0.6) is 5.75 Å². The largest absolute Gasteiger partial charge is 0.482 e. The molecule has 0 bridgehead atoms. The zero-order valence-electron chi connectivity index (χ0n) is 14.5. The standard InChI is InChI=1S/C22H21FO2/c1-3-22(4-2)19(9-7-15-24)21(16-11-13-17(23)14-12-16)18-8-5-6-10-20(18)25-22/h5-15H,3-4H2,1-2H3/b9-7+. The molecule has 128 valence electrons. The number of allylic oxidation sites excluding steroid dienone is 1. The molecule has 0 saturated heterocycles. The molecule has 0 spiro atoms. The normalized spacial score (nSPS) is 15.8. The van der Waals surface area contributed by atoms with Crippen molar-refractivity contribution in [3.05, 3.63) is 83.2 Å². The molecule has 0 N–H and O–H groups in total. The molecule has 0 aliphatic carbocycles. The monoisotopic (exact) mass is 336 g/mol. The number of hydrogen-bond donors (Lipinski definition) is 0. The van der Waals surface area contributed by atoms with Crippen molar-refractivity contribution in [2.24, 2.45) is 0 Å². The molecular formula is C22H21FO2. The summed E-state index contributed by atoms with van der Waals surface area (Å²) in [5.41, 5.74) is 3.29. The molecule has 0 atom stereocenters. The number of benzene rings is 2. The number of fused-ring (bicyclic) bond motifs is 1. The maximum Gasteiger partial charge on any atom is 0.142 e. The van der Waals surface area contributed by atoms with Crippen LogP contribution in [0.2, 0.25) is 0 Å². The van der Waals surface area contributed by atoms with E-state index >= 15 is 0 Å². The van der Waals surface area contributed by atoms with Gasteiger partial charge in [-0.05, 0) is 48.3 Å². The van der Waals surface area contributed by atoms with Crippen LogP contribution in [0, 0.1) is 5.82 Å². The van der Waals surface area contributed by atoms with Gasteiger partial charge in [0.25, 0.3) is 0 Å². The fraction of sp³-hybridized carbons (Fsp3) is 0.227. The van der Waals surface area contributed by atoms with Crippen LogP contribution in [0.4, 0.5) is 4.39 Å². The lowest BCUT2D eigenvalue weighted by Crippen LogP contribution is -2.39. The molecule has 1 heterocycles. The number of para-hydroxylation sites is 1. The van der Waals surface area contributed by atoms with Gasteiger partial charge in [-0.1, -0.05) is 50.3 Å². The molecule has 3 rings (SSSR count). The van der Waals surface area contributed by atoms with Gasteiger partial charge >= 0.3 is 0 Å². The van der Waals surface area contributed by atoms with Gasteiger partial charge in [0, 0.05) is 11.1 Å². The first-order valence-corrected chi connectivity index (χ1v) is 8.56. The Morgan fingerprint density at radius 3 is 2.36 bits per heavy atom. The van der Waals surface area contributed by atoms with Crippen LogP contribution in [-0.4, -0.2) is 11.9 Å². The summed E-state index contributed by atoms with van der Waals surface area (Å²) < 4.78 is 19.8. The van der Waals surface area contributed by atoms with E-state index in [0.29, 0.717) is 0 Å². The quantitative estimate of drug-likeness (QED) is 0.544. The van der Waals surface area contributed by atoms with Crippen LogP contribution in [0.3, 0.4) is 0 Å². The second-order valence-corrected chi connectivity index (χ2v) is 6.09. The van der Waals surface area contributed by atoms with Gasteiger partial charge in [0.1, 0.15) is 23.5 Å². The van der Waals surface area contributed by atoms with Crippen molar-refractivity contribution in [3.8, 4) is 5.75 Å². The van der Waals surface area contributed by atoms with Crippen molar-refractivity contribution in [1.29, 1.82) is 0 Å². The molecular weight excluding hydrogens is 315 g/mol. The van der Waals surface area contributed by atoms with Gasteiger partial charge in [-0.2, -0.15) is 0 Å². The molecule has 0 radical (unpaired) electrons. The van der Waals surface area contributed by atoms with E-state index in [-0.39, 0.29) is 5.82 Å². The topological polar surface area (TPSA) is 26.3 Å². The third kappa shape index (κ3) is 3.02. The summed E-state index contributed by atoms with van der Waals surface area (Å²) in [5.74, 6) is 0.542. The first kappa shape index (κ1) is 17.2. The van der Waals surface area contributed by atoms with Crippen molar-refractivity contribution in [2.45, 2.75) is 32.3 Å². The summed E-state index contributed by atoms with van der Waals surface area (Å²) in [6.07, 6.45) is 5.62. The first-order chi connectivity index (χ1) is 12.1. The Morgan fingerprint density at radius 2 is 1.72 bits per heavy atom. The molecule has 0 amide bonds. The lowest BCUT2D eigenvalue weighted by Gasteiger charge is -2.40. The number of carbonyl (C=O) groups excluding carboxylic acids is 1. The minimum Gasteiger partial charge on any atom is -0.482 e. The van der Waals surface area contributed by atoms with Gasteiger partial charge in [0.15, 0.2) is 0 Å². The highest BCUT2D eigenvalue weighted by molar-refractivity contribution is 5.89. The number of carbonyl (C=O) groups is 1. The second-order valence-electron chi connectivity index (χ2n) is 6.09. The van der Waals surface area contributed by atoms with Crippen LogP contribution >= 0.6 is 0 Å². The third-order valence-corrected chi connectivity index (χ3v) is 4.84. The molecule has 1 aliphatic rings. The van der Waals surface area contributed by atoms with Crippen molar-refractivity contribution in [3.63, 3.8) is 0 Å². The second kappa shape index (κ2) is 7.06. The average Bonchev–Trinajstić information content (AvgIpc) is 2.66. The molecule has 0 unspecified atom stereocenters. The lowest BCUT2D eigenvalue weighted by molar-refractivity contribution is -0.104. The summed E-state index contributed by atoms with van der Waals surface area (Å²) in [6.45, 7) is 4.16. The molecule has 0 saturated carbocycles. The Labute approximate surface area is 147 Å². The van der Waals surface area contributed by atoms with Crippen molar-refractivity contribution >= 4 is 11.9 Å². The Bertz CT molecular complexity index is 827. The molecule has 2 aromatic rings. The van der Waals surface area contributed by atoms with Crippen LogP contribution in [0.15, 0.2) is 66.3 Å². The number of aldehydes is 1. The number of halogens is 1. The molecule has 0 aromatic heterocycles. The zero-order chi connectivity index (χ0) is 17.9. The first-order valence-electron chi connectivity index (χ1n) is 8.56. The lowest BCUT2D eigenvalue weighted by atomic mass is 9.78. The van der Waals surface area contributed by atoms with Gasteiger partial charge < -0.3 is 4.74 Å². The molecule has 2 aromatic carbocycles. The molecule has 3 heteroatoms. The Balaban J connectivity index is 2.36. The predicted molar refractivity (Wildman–Crippen MR) is 98.0 cm³/mol. The van der Waals surface area contributed by atoms with Crippen LogP contribution < -0.4 is 4.74 Å². The van der Waals surface area contributed by atoms with Gasteiger partial charge in [0.05, 0.1) is 0 Å². The highest BCUT2D eigenvalue weighted by Crippen LogP contribution is 2.47. The third-order valence-electron chi connectivity index (χ3n) is 4.84. The highest BCUT2D eigenvalue weighted by atomic mass is 19.1. The summed E-state index contributed by atoms with van der Waals surface area (Å²) in [6, 6.07) is 14.3. The fourth-order valence-electron chi connectivity index (χ4n) is 3.47.